The quantitative estimate of drug-likeness (QED) is 0.928. The number of ether oxygens (including phenoxy) is 1. The zero-order valence-electron chi connectivity index (χ0n) is 11.0. The monoisotopic (exact) mass is 277 g/mol. The fourth-order valence-electron chi connectivity index (χ4n) is 1.59. The number of carbonyl (C=O) groups is 1. The Hall–Kier alpha value is -1.95. The summed E-state index contributed by atoms with van der Waals surface area (Å²) in [7, 11) is 5.02. The smallest absolute Gasteiger partial charge is 0.272 e. The van der Waals surface area contributed by atoms with E-state index in [1.807, 2.05) is 30.5 Å². The molecular weight excluding hydrogens is 262 g/mol. The van der Waals surface area contributed by atoms with E-state index in [1.165, 1.54) is 11.8 Å². The second-order valence-corrected chi connectivity index (χ2v) is 4.99. The largest absolute Gasteiger partial charge is 0.497 e. The first-order chi connectivity index (χ1) is 9.13. The van der Waals surface area contributed by atoms with Gasteiger partial charge in [-0.15, -0.1) is 0 Å². The van der Waals surface area contributed by atoms with Crippen LogP contribution in [0.3, 0.4) is 0 Å². The number of hydrogen-bond acceptors (Lipinski definition) is 4. The maximum absolute atomic E-state index is 11.7. The minimum absolute atomic E-state index is 0.184. The number of hydrogen-bond donors (Lipinski definition) is 1. The molecule has 19 heavy (non-hydrogen) atoms. The molecule has 1 aromatic heterocycles. The second-order valence-electron chi connectivity index (χ2n) is 3.87. The van der Waals surface area contributed by atoms with Crippen LogP contribution in [0.4, 0.5) is 0 Å². The summed E-state index contributed by atoms with van der Waals surface area (Å²) in [5.41, 5.74) is 0.436. The first-order valence-corrected chi connectivity index (χ1v) is 6.53. The zero-order valence-corrected chi connectivity index (χ0v) is 11.8. The van der Waals surface area contributed by atoms with E-state index in [9.17, 15) is 4.79 Å². The van der Waals surface area contributed by atoms with Gasteiger partial charge in [0.05, 0.1) is 12.0 Å². The molecule has 0 fully saturated rings. The summed E-state index contributed by atoms with van der Waals surface area (Å²) >= 11 is 1.50. The summed E-state index contributed by atoms with van der Waals surface area (Å²) in [5.74, 6) is 0.624. The number of benzene rings is 1. The van der Waals surface area contributed by atoms with Gasteiger partial charge in [0.2, 0.25) is 0 Å². The summed E-state index contributed by atoms with van der Waals surface area (Å²) in [5, 5.41) is 6.76. The maximum Gasteiger partial charge on any atom is 0.272 e. The molecule has 0 aliphatic rings. The molecule has 0 aliphatic heterocycles. The minimum Gasteiger partial charge on any atom is -0.497 e. The SMILES string of the molecule is CNC(=O)c1nn(C)cc1Sc1ccc(OC)cc1. The van der Waals surface area contributed by atoms with Crippen molar-refractivity contribution in [2.24, 2.45) is 7.05 Å². The van der Waals surface area contributed by atoms with E-state index >= 15 is 0 Å². The van der Waals surface area contributed by atoms with E-state index in [0.717, 1.165) is 15.5 Å². The summed E-state index contributed by atoms with van der Waals surface area (Å²) in [6.07, 6.45) is 1.83. The normalized spacial score (nSPS) is 10.3. The first kappa shape index (κ1) is 13.5. The second kappa shape index (κ2) is 5.79. The highest BCUT2D eigenvalue weighted by Gasteiger charge is 2.15. The van der Waals surface area contributed by atoms with Gasteiger partial charge in [0.25, 0.3) is 5.91 Å². The van der Waals surface area contributed by atoms with Crippen LogP contribution in [0.1, 0.15) is 10.5 Å². The standard InChI is InChI=1S/C13H15N3O2S/c1-14-13(17)12-11(8-16(2)15-12)19-10-6-4-9(18-3)5-7-10/h4-8H,1-3H3,(H,14,17). The zero-order chi connectivity index (χ0) is 13.8. The first-order valence-electron chi connectivity index (χ1n) is 5.71. The average Bonchev–Trinajstić information content (AvgIpc) is 2.79. The van der Waals surface area contributed by atoms with Crippen molar-refractivity contribution >= 4 is 17.7 Å². The molecule has 0 atom stereocenters. The van der Waals surface area contributed by atoms with Gasteiger partial charge in [0.1, 0.15) is 5.75 Å². The molecule has 2 rings (SSSR count). The van der Waals surface area contributed by atoms with Gasteiger partial charge in [0, 0.05) is 25.2 Å². The third-order valence-corrected chi connectivity index (χ3v) is 3.55. The number of aromatic nitrogens is 2. The number of carbonyl (C=O) groups excluding carboxylic acids is 1. The Morgan fingerprint density at radius 1 is 1.37 bits per heavy atom. The number of rotatable bonds is 4. The maximum atomic E-state index is 11.7. The molecule has 0 spiro atoms. The van der Waals surface area contributed by atoms with Crippen LogP contribution < -0.4 is 10.1 Å². The Balaban J connectivity index is 2.24. The van der Waals surface area contributed by atoms with E-state index in [2.05, 4.69) is 10.4 Å². The molecule has 0 aliphatic carbocycles. The Labute approximate surface area is 116 Å². The molecule has 100 valence electrons. The molecule has 0 radical (unpaired) electrons. The fourth-order valence-corrected chi connectivity index (χ4v) is 2.55. The van der Waals surface area contributed by atoms with Crippen LogP contribution in [0, 0.1) is 0 Å². The van der Waals surface area contributed by atoms with Crippen molar-refractivity contribution < 1.29 is 9.53 Å². The molecular formula is C13H15N3O2S. The molecule has 0 unspecified atom stereocenters. The Kier molecular flexibility index (Phi) is 4.11. The van der Waals surface area contributed by atoms with Crippen LogP contribution in [0.5, 0.6) is 5.75 Å². The van der Waals surface area contributed by atoms with Gasteiger partial charge >= 0.3 is 0 Å². The van der Waals surface area contributed by atoms with Crippen LogP contribution in [-0.4, -0.2) is 29.8 Å². The van der Waals surface area contributed by atoms with Gasteiger partial charge < -0.3 is 10.1 Å². The molecule has 0 saturated carbocycles. The van der Waals surface area contributed by atoms with Crippen molar-refractivity contribution in [2.45, 2.75) is 9.79 Å². The van der Waals surface area contributed by atoms with Crippen LogP contribution in [0.15, 0.2) is 40.3 Å². The van der Waals surface area contributed by atoms with Gasteiger partial charge in [-0.25, -0.2) is 0 Å². The molecule has 1 amide bonds. The van der Waals surface area contributed by atoms with Crippen molar-refractivity contribution in [3.63, 3.8) is 0 Å². The molecule has 2 aromatic rings. The van der Waals surface area contributed by atoms with Crippen molar-refractivity contribution in [1.82, 2.24) is 15.1 Å². The lowest BCUT2D eigenvalue weighted by molar-refractivity contribution is 0.0954. The Bertz CT molecular complexity index is 578. The summed E-state index contributed by atoms with van der Waals surface area (Å²) in [6.45, 7) is 0. The summed E-state index contributed by atoms with van der Waals surface area (Å²) in [4.78, 5) is 13.6. The van der Waals surface area contributed by atoms with Gasteiger partial charge in [-0.1, -0.05) is 11.8 Å². The predicted molar refractivity (Wildman–Crippen MR) is 73.7 cm³/mol. The summed E-state index contributed by atoms with van der Waals surface area (Å²) in [6, 6.07) is 7.67. The number of nitrogens with zero attached hydrogens (tertiary/aromatic N) is 2. The predicted octanol–water partition coefficient (Wildman–Crippen LogP) is 1.94. The topological polar surface area (TPSA) is 56.2 Å². The molecule has 0 saturated heterocycles. The highest BCUT2D eigenvalue weighted by molar-refractivity contribution is 7.99. The van der Waals surface area contributed by atoms with E-state index < -0.39 is 0 Å². The number of aryl methyl sites for hydroxylation is 1. The van der Waals surface area contributed by atoms with E-state index in [-0.39, 0.29) is 5.91 Å². The molecule has 6 heteroatoms. The van der Waals surface area contributed by atoms with Crippen LogP contribution >= 0.6 is 11.8 Å². The average molecular weight is 277 g/mol. The van der Waals surface area contributed by atoms with E-state index in [1.54, 1.807) is 25.9 Å². The molecule has 5 nitrogen and oxygen atoms in total. The van der Waals surface area contributed by atoms with E-state index in [4.69, 9.17) is 4.74 Å². The summed E-state index contributed by atoms with van der Waals surface area (Å²) < 4.78 is 6.75. The number of amides is 1. The van der Waals surface area contributed by atoms with Gasteiger partial charge in [-0.2, -0.15) is 5.10 Å². The van der Waals surface area contributed by atoms with Crippen molar-refractivity contribution in [1.29, 1.82) is 0 Å². The van der Waals surface area contributed by atoms with Gasteiger partial charge in [-0.05, 0) is 24.3 Å². The van der Waals surface area contributed by atoms with Gasteiger partial charge in [0.15, 0.2) is 5.69 Å². The fraction of sp³-hybridized carbons (Fsp3) is 0.231. The highest BCUT2D eigenvalue weighted by Crippen LogP contribution is 2.30. The van der Waals surface area contributed by atoms with Crippen LogP contribution in [-0.2, 0) is 7.05 Å². The minimum atomic E-state index is -0.184. The number of nitrogens with one attached hydrogen (secondary N) is 1. The Morgan fingerprint density at radius 2 is 2.05 bits per heavy atom. The van der Waals surface area contributed by atoms with Gasteiger partial charge in [-0.3, -0.25) is 9.48 Å². The molecule has 1 aromatic carbocycles. The molecule has 0 bridgehead atoms. The third kappa shape index (κ3) is 3.08. The molecule has 1 N–H and O–H groups in total. The Morgan fingerprint density at radius 3 is 2.63 bits per heavy atom. The third-order valence-electron chi connectivity index (χ3n) is 2.52. The van der Waals surface area contributed by atoms with Crippen LogP contribution in [0.25, 0.3) is 0 Å². The lowest BCUT2D eigenvalue weighted by Crippen LogP contribution is -2.19. The van der Waals surface area contributed by atoms with Crippen molar-refractivity contribution in [3.05, 3.63) is 36.2 Å². The van der Waals surface area contributed by atoms with Crippen molar-refractivity contribution in [2.75, 3.05) is 14.2 Å². The molecule has 1 heterocycles. The lowest BCUT2D eigenvalue weighted by Gasteiger charge is -2.03. The number of methoxy groups -OCH3 is 1. The van der Waals surface area contributed by atoms with Crippen molar-refractivity contribution in [3.8, 4) is 5.75 Å². The highest BCUT2D eigenvalue weighted by atomic mass is 32.2. The van der Waals surface area contributed by atoms with E-state index in [0.29, 0.717) is 5.69 Å². The lowest BCUT2D eigenvalue weighted by atomic mass is 10.3. The van der Waals surface area contributed by atoms with Crippen LogP contribution in [0.2, 0.25) is 0 Å².